The highest BCUT2D eigenvalue weighted by Gasteiger charge is 2.12. The first kappa shape index (κ1) is 18.6. The van der Waals surface area contributed by atoms with Crippen LogP contribution in [0.15, 0.2) is 47.6 Å². The maximum absolute atomic E-state index is 13.0. The summed E-state index contributed by atoms with van der Waals surface area (Å²) in [4.78, 5) is 10.8. The zero-order valence-electron chi connectivity index (χ0n) is 14.4. The number of aryl methyl sites for hydroxylation is 1. The number of hydrogen-bond donors (Lipinski definition) is 1. The van der Waals surface area contributed by atoms with Crippen LogP contribution in [-0.4, -0.2) is 26.0 Å². The van der Waals surface area contributed by atoms with Crippen LogP contribution in [0, 0.1) is 20.7 Å². The Morgan fingerprint density at radius 1 is 1.33 bits per heavy atom. The fraction of sp³-hybridized carbons (Fsp3) is 0.167. The number of halogens is 1. The van der Waals surface area contributed by atoms with Gasteiger partial charge in [0, 0.05) is 23.6 Å². The number of H-pyrrole nitrogens is 1. The number of nitrogens with zero attached hydrogens (tertiary/aromatic N) is 4. The molecule has 7 nitrogen and oxygen atoms in total. The summed E-state index contributed by atoms with van der Waals surface area (Å²) in [5.41, 5.74) is 2.15. The Morgan fingerprint density at radius 2 is 2.07 bits per heavy atom. The molecule has 0 spiro atoms. The zero-order chi connectivity index (χ0) is 19.4. The van der Waals surface area contributed by atoms with E-state index in [1.165, 1.54) is 29.1 Å². The summed E-state index contributed by atoms with van der Waals surface area (Å²) in [6, 6.07) is 11.0. The molecule has 0 radical (unpaired) electrons. The van der Waals surface area contributed by atoms with Crippen molar-refractivity contribution in [2.24, 2.45) is 5.10 Å². The van der Waals surface area contributed by atoms with Gasteiger partial charge in [0.05, 0.1) is 11.1 Å². The third-order valence-electron chi connectivity index (χ3n) is 4.00. The molecule has 1 heterocycles. The van der Waals surface area contributed by atoms with E-state index in [1.54, 1.807) is 24.3 Å². The Hall–Kier alpha value is -3.20. The van der Waals surface area contributed by atoms with Gasteiger partial charge >= 0.3 is 0 Å². The van der Waals surface area contributed by atoms with Crippen molar-refractivity contribution in [1.82, 2.24) is 14.9 Å². The molecule has 0 amide bonds. The van der Waals surface area contributed by atoms with Crippen LogP contribution in [0.25, 0.3) is 0 Å². The SMILES string of the molecule is CCc1ccc(/C=N\n2c(Cc3ccc(F)cc3)n[nH]c2=S)cc1[N+](=O)[O-]. The van der Waals surface area contributed by atoms with Crippen LogP contribution in [0.4, 0.5) is 10.1 Å². The molecule has 0 saturated heterocycles. The molecular weight excluding hydrogens is 369 g/mol. The summed E-state index contributed by atoms with van der Waals surface area (Å²) in [6.45, 7) is 1.86. The van der Waals surface area contributed by atoms with Crippen molar-refractivity contribution in [3.63, 3.8) is 0 Å². The van der Waals surface area contributed by atoms with Crippen LogP contribution < -0.4 is 0 Å². The summed E-state index contributed by atoms with van der Waals surface area (Å²) in [7, 11) is 0. The van der Waals surface area contributed by atoms with Crippen molar-refractivity contribution in [2.75, 3.05) is 0 Å². The van der Waals surface area contributed by atoms with Gasteiger partial charge in [-0.3, -0.25) is 15.2 Å². The van der Waals surface area contributed by atoms with E-state index in [-0.39, 0.29) is 11.5 Å². The fourth-order valence-corrected chi connectivity index (χ4v) is 2.80. The predicted octanol–water partition coefficient (Wildman–Crippen LogP) is 4.02. The minimum Gasteiger partial charge on any atom is -0.258 e. The molecule has 0 aliphatic carbocycles. The molecule has 1 aromatic heterocycles. The van der Waals surface area contributed by atoms with Gasteiger partial charge in [-0.1, -0.05) is 31.2 Å². The average Bonchev–Trinajstić information content (AvgIpc) is 3.01. The Labute approximate surface area is 159 Å². The summed E-state index contributed by atoms with van der Waals surface area (Å²) < 4.78 is 14.8. The molecular formula is C18H16FN5O2S. The second-order valence-corrected chi connectivity index (χ2v) is 6.19. The van der Waals surface area contributed by atoms with E-state index in [1.807, 2.05) is 6.92 Å². The maximum atomic E-state index is 13.0. The minimum absolute atomic E-state index is 0.0591. The Bertz CT molecular complexity index is 1060. The molecule has 138 valence electrons. The van der Waals surface area contributed by atoms with Crippen molar-refractivity contribution in [3.8, 4) is 0 Å². The van der Waals surface area contributed by atoms with Gasteiger partial charge in [-0.2, -0.15) is 14.9 Å². The van der Waals surface area contributed by atoms with Gasteiger partial charge < -0.3 is 0 Å². The highest BCUT2D eigenvalue weighted by atomic mass is 32.1. The quantitative estimate of drug-likeness (QED) is 0.300. The van der Waals surface area contributed by atoms with E-state index in [0.29, 0.717) is 34.6 Å². The Balaban J connectivity index is 1.89. The topological polar surface area (TPSA) is 89.1 Å². The number of nitrogens with one attached hydrogen (secondary N) is 1. The number of rotatable bonds is 6. The highest BCUT2D eigenvalue weighted by molar-refractivity contribution is 7.71. The molecule has 0 aliphatic rings. The average molecular weight is 385 g/mol. The first-order valence-corrected chi connectivity index (χ1v) is 8.61. The molecule has 3 aromatic rings. The lowest BCUT2D eigenvalue weighted by atomic mass is 10.1. The van der Waals surface area contributed by atoms with Gasteiger partial charge in [0.1, 0.15) is 5.82 Å². The number of nitro groups is 1. The van der Waals surface area contributed by atoms with Crippen LogP contribution in [0.1, 0.15) is 29.4 Å². The van der Waals surface area contributed by atoms with E-state index >= 15 is 0 Å². The van der Waals surface area contributed by atoms with Gasteiger partial charge in [0.15, 0.2) is 5.82 Å². The molecule has 3 rings (SSSR count). The molecule has 0 unspecified atom stereocenters. The first-order valence-electron chi connectivity index (χ1n) is 8.20. The van der Waals surface area contributed by atoms with E-state index in [9.17, 15) is 14.5 Å². The van der Waals surface area contributed by atoms with Crippen molar-refractivity contribution in [3.05, 3.63) is 85.7 Å². The Morgan fingerprint density at radius 3 is 2.74 bits per heavy atom. The van der Waals surface area contributed by atoms with E-state index in [0.717, 1.165) is 5.56 Å². The first-order chi connectivity index (χ1) is 13.0. The molecule has 0 aliphatic heterocycles. The van der Waals surface area contributed by atoms with E-state index in [2.05, 4.69) is 15.3 Å². The summed E-state index contributed by atoms with van der Waals surface area (Å²) in [6.07, 6.45) is 2.47. The molecule has 1 N–H and O–H groups in total. The van der Waals surface area contributed by atoms with Crippen molar-refractivity contribution in [2.45, 2.75) is 19.8 Å². The second-order valence-electron chi connectivity index (χ2n) is 5.80. The van der Waals surface area contributed by atoms with Gasteiger partial charge in [-0.25, -0.2) is 4.39 Å². The lowest BCUT2D eigenvalue weighted by Crippen LogP contribution is -2.01. The van der Waals surface area contributed by atoms with Gasteiger partial charge in [-0.05, 0) is 36.3 Å². The third-order valence-corrected chi connectivity index (χ3v) is 4.27. The van der Waals surface area contributed by atoms with Crippen molar-refractivity contribution < 1.29 is 9.31 Å². The van der Waals surface area contributed by atoms with E-state index in [4.69, 9.17) is 12.2 Å². The summed E-state index contributed by atoms with van der Waals surface area (Å²) in [5, 5.41) is 22.3. The van der Waals surface area contributed by atoms with Crippen LogP contribution in [0.5, 0.6) is 0 Å². The third kappa shape index (κ3) is 4.32. The number of aromatic amines is 1. The Kier molecular flexibility index (Phi) is 5.51. The van der Waals surface area contributed by atoms with Gasteiger partial charge in [0.2, 0.25) is 4.77 Å². The van der Waals surface area contributed by atoms with Crippen LogP contribution >= 0.6 is 12.2 Å². The maximum Gasteiger partial charge on any atom is 0.273 e. The predicted molar refractivity (Wildman–Crippen MR) is 102 cm³/mol. The smallest absolute Gasteiger partial charge is 0.258 e. The minimum atomic E-state index is -0.403. The molecule has 2 aromatic carbocycles. The van der Waals surface area contributed by atoms with Crippen LogP contribution in [-0.2, 0) is 12.8 Å². The highest BCUT2D eigenvalue weighted by Crippen LogP contribution is 2.20. The molecule has 0 atom stereocenters. The van der Waals surface area contributed by atoms with Crippen molar-refractivity contribution >= 4 is 24.1 Å². The normalized spacial score (nSPS) is 11.2. The fourth-order valence-electron chi connectivity index (χ4n) is 2.60. The van der Waals surface area contributed by atoms with E-state index < -0.39 is 4.92 Å². The molecule has 0 bridgehead atoms. The molecule has 0 fully saturated rings. The number of nitro benzene ring substituents is 1. The molecule has 27 heavy (non-hydrogen) atoms. The summed E-state index contributed by atoms with van der Waals surface area (Å²) >= 11 is 5.20. The largest absolute Gasteiger partial charge is 0.273 e. The van der Waals surface area contributed by atoms with Crippen LogP contribution in [0.3, 0.4) is 0 Å². The lowest BCUT2D eigenvalue weighted by molar-refractivity contribution is -0.385. The van der Waals surface area contributed by atoms with Gasteiger partial charge in [0.25, 0.3) is 5.69 Å². The number of benzene rings is 2. The zero-order valence-corrected chi connectivity index (χ0v) is 15.2. The van der Waals surface area contributed by atoms with Crippen molar-refractivity contribution in [1.29, 1.82) is 0 Å². The number of hydrogen-bond acceptors (Lipinski definition) is 5. The molecule has 0 saturated carbocycles. The standard InChI is InChI=1S/C18H16FN5O2S/c1-2-14-6-3-13(9-16(14)24(25)26)11-20-23-17(21-22-18(23)27)10-12-4-7-15(19)8-5-12/h3-9,11H,2,10H2,1H3,(H,22,27)/b20-11-. The number of aromatic nitrogens is 3. The van der Waals surface area contributed by atoms with Gasteiger partial charge in [-0.15, -0.1) is 0 Å². The summed E-state index contributed by atoms with van der Waals surface area (Å²) in [5.74, 6) is 0.232. The van der Waals surface area contributed by atoms with Crippen LogP contribution in [0.2, 0.25) is 0 Å². The molecule has 9 heteroatoms. The lowest BCUT2D eigenvalue weighted by Gasteiger charge is -2.03. The second kappa shape index (κ2) is 8.00. The monoisotopic (exact) mass is 385 g/mol.